The van der Waals surface area contributed by atoms with E-state index in [0.717, 1.165) is 36.0 Å². The number of allylic oxidation sites excluding steroid dienone is 1. The van der Waals surface area contributed by atoms with Crippen LogP contribution in [0.25, 0.3) is 27.5 Å². The number of piperidine rings is 2. The smallest absolute Gasteiger partial charge is 0.423 e. The third kappa shape index (κ3) is 7.05. The molecule has 2 N–H and O–H groups in total. The number of hydrogen-bond donors (Lipinski definition) is 2. The van der Waals surface area contributed by atoms with Crippen LogP contribution < -0.4 is 0 Å². The van der Waals surface area contributed by atoms with Gasteiger partial charge >= 0.3 is 7.12 Å². The molecule has 4 aromatic rings. The highest BCUT2D eigenvalue weighted by Crippen LogP contribution is 2.54. The molecule has 3 amide bonds. The van der Waals surface area contributed by atoms with Crippen molar-refractivity contribution in [3.05, 3.63) is 101 Å². The second-order valence-electron chi connectivity index (χ2n) is 16.1. The number of likely N-dealkylation sites (tertiary alicyclic amines) is 2. The summed E-state index contributed by atoms with van der Waals surface area (Å²) in [6.45, 7) is 3.52. The van der Waals surface area contributed by atoms with Crippen LogP contribution in [0.1, 0.15) is 113 Å². The van der Waals surface area contributed by atoms with Crippen molar-refractivity contribution in [1.82, 2.24) is 24.7 Å². The minimum absolute atomic E-state index is 0.0213. The summed E-state index contributed by atoms with van der Waals surface area (Å²) in [5, 5.41) is 21.2. The summed E-state index contributed by atoms with van der Waals surface area (Å²) in [5.74, 6) is -6.96. The fourth-order valence-corrected chi connectivity index (χ4v) is 9.02. The number of nitrogens with zero attached hydrogens (tertiary/aromatic N) is 5. The number of alkyl halides is 4. The standard InChI is InChI=1S/C43H44BF4N5O5/c1-3-35(44(57)58)37-33(21-30(24-50-37)39(55)52-18-14-43(47,48)15-19-52)26(2)25-53-40(56)32-9-8-27(22-34(32)41(53)10-5-11-41)31-7-4-6-28-20-29(23-49-36(28)31)38(54)51-16-12-42(45,46)13-17-51/h3-4,6-9,20-24,26,57-58H,5,10-19,25H2,1-2H3/b35-3+. The third-order valence-electron chi connectivity index (χ3n) is 12.5. The number of benzene rings is 2. The average Bonchev–Trinajstić information content (AvgIpc) is 3.44. The van der Waals surface area contributed by atoms with E-state index in [9.17, 15) is 42.0 Å². The molecule has 1 spiro atoms. The summed E-state index contributed by atoms with van der Waals surface area (Å²) in [4.78, 5) is 55.0. The van der Waals surface area contributed by atoms with Gasteiger partial charge < -0.3 is 24.7 Å². The number of aromatic nitrogens is 2. The number of fused-ring (bicyclic) bond motifs is 3. The topological polar surface area (TPSA) is 127 Å². The van der Waals surface area contributed by atoms with Gasteiger partial charge in [-0.25, -0.2) is 17.6 Å². The molecule has 0 bridgehead atoms. The Morgan fingerprint density at radius 2 is 1.43 bits per heavy atom. The first-order chi connectivity index (χ1) is 27.6. The molecule has 15 heteroatoms. The zero-order chi connectivity index (χ0) is 41.1. The molecule has 302 valence electrons. The third-order valence-corrected chi connectivity index (χ3v) is 12.5. The average molecular weight is 798 g/mol. The van der Waals surface area contributed by atoms with E-state index in [-0.39, 0.29) is 74.1 Å². The molecule has 2 saturated heterocycles. The van der Waals surface area contributed by atoms with E-state index in [1.807, 2.05) is 48.2 Å². The van der Waals surface area contributed by atoms with E-state index < -0.39 is 49.2 Å². The highest BCUT2D eigenvalue weighted by atomic mass is 19.3. The molecule has 1 unspecified atom stereocenters. The summed E-state index contributed by atoms with van der Waals surface area (Å²) in [6.07, 6.45) is 5.09. The predicted molar refractivity (Wildman–Crippen MR) is 210 cm³/mol. The Balaban J connectivity index is 1.08. The van der Waals surface area contributed by atoms with E-state index in [4.69, 9.17) is 0 Å². The first-order valence-corrected chi connectivity index (χ1v) is 19.8. The summed E-state index contributed by atoms with van der Waals surface area (Å²) in [6, 6.07) is 14.8. The van der Waals surface area contributed by atoms with Crippen molar-refractivity contribution in [1.29, 1.82) is 0 Å². The molecule has 3 aliphatic heterocycles. The van der Waals surface area contributed by atoms with Crippen molar-refractivity contribution in [3.8, 4) is 11.1 Å². The van der Waals surface area contributed by atoms with Gasteiger partial charge in [-0.15, -0.1) is 0 Å². The first-order valence-electron chi connectivity index (χ1n) is 19.8. The molecule has 0 radical (unpaired) electrons. The van der Waals surface area contributed by atoms with Crippen LogP contribution in [-0.4, -0.2) is 104 Å². The van der Waals surface area contributed by atoms with Crippen molar-refractivity contribution in [2.45, 2.75) is 82.1 Å². The fraction of sp³-hybridized carbons (Fsp3) is 0.419. The lowest BCUT2D eigenvalue weighted by Gasteiger charge is -2.47. The maximum atomic E-state index is 14.3. The summed E-state index contributed by atoms with van der Waals surface area (Å²) in [7, 11) is -1.86. The number of carbonyl (C=O) groups excluding carboxylic acids is 3. The lowest BCUT2D eigenvalue weighted by atomic mass is 9.70. The van der Waals surface area contributed by atoms with Gasteiger partial charge in [0.05, 0.1) is 27.9 Å². The molecule has 1 atom stereocenters. The SMILES string of the molecule is C/C=C(/B(O)O)c1ncc(C(=O)N2CCC(F)(F)CC2)cc1C(C)CN1C(=O)c2ccc(-c3cccc4cc(C(=O)N5CCC(F)(F)CC5)cnc34)cc2C12CCC2. The van der Waals surface area contributed by atoms with Gasteiger partial charge in [0, 0.05) is 98.7 Å². The Morgan fingerprint density at radius 1 is 0.828 bits per heavy atom. The number of pyridine rings is 2. The molecule has 2 aromatic heterocycles. The highest BCUT2D eigenvalue weighted by molar-refractivity contribution is 6.65. The van der Waals surface area contributed by atoms with Crippen LogP contribution in [0.5, 0.6) is 0 Å². The van der Waals surface area contributed by atoms with E-state index in [2.05, 4.69) is 9.97 Å². The second-order valence-corrected chi connectivity index (χ2v) is 16.1. The number of amides is 3. The zero-order valence-electron chi connectivity index (χ0n) is 32.4. The van der Waals surface area contributed by atoms with E-state index in [0.29, 0.717) is 27.6 Å². The number of hydrogen-bond acceptors (Lipinski definition) is 7. The minimum atomic E-state index is -2.83. The predicted octanol–water partition coefficient (Wildman–Crippen LogP) is 7.09. The summed E-state index contributed by atoms with van der Waals surface area (Å²) < 4.78 is 55.3. The van der Waals surface area contributed by atoms with Crippen molar-refractivity contribution >= 4 is 41.2 Å². The van der Waals surface area contributed by atoms with Crippen molar-refractivity contribution in [3.63, 3.8) is 0 Å². The van der Waals surface area contributed by atoms with Crippen LogP contribution in [0.15, 0.2) is 67.0 Å². The van der Waals surface area contributed by atoms with Crippen LogP contribution >= 0.6 is 0 Å². The molecular formula is C43H44BF4N5O5. The molecular weight excluding hydrogens is 753 g/mol. The van der Waals surface area contributed by atoms with Gasteiger partial charge in [-0.2, -0.15) is 0 Å². The Hall–Kier alpha value is -5.15. The van der Waals surface area contributed by atoms with Crippen molar-refractivity contribution in [2.75, 3.05) is 32.7 Å². The molecule has 2 aromatic carbocycles. The van der Waals surface area contributed by atoms with Gasteiger partial charge in [0.2, 0.25) is 0 Å². The summed E-state index contributed by atoms with van der Waals surface area (Å²) in [5.41, 5.74) is 4.61. The molecule has 4 aliphatic rings. The van der Waals surface area contributed by atoms with Crippen LogP contribution in [0.4, 0.5) is 17.6 Å². The van der Waals surface area contributed by atoms with Crippen LogP contribution in [0.3, 0.4) is 0 Å². The molecule has 58 heavy (non-hydrogen) atoms. The van der Waals surface area contributed by atoms with Gasteiger partial charge in [0.25, 0.3) is 29.6 Å². The van der Waals surface area contributed by atoms with Gasteiger partial charge in [0.15, 0.2) is 0 Å². The van der Waals surface area contributed by atoms with Crippen molar-refractivity contribution < 1.29 is 42.0 Å². The maximum absolute atomic E-state index is 14.3. The maximum Gasteiger partial charge on any atom is 0.490 e. The van der Waals surface area contributed by atoms with Crippen LogP contribution in [0.2, 0.25) is 0 Å². The van der Waals surface area contributed by atoms with E-state index in [1.165, 1.54) is 28.3 Å². The second kappa shape index (κ2) is 14.9. The van der Waals surface area contributed by atoms with Gasteiger partial charge in [-0.3, -0.25) is 24.4 Å². The monoisotopic (exact) mass is 797 g/mol. The van der Waals surface area contributed by atoms with Crippen LogP contribution in [-0.2, 0) is 5.54 Å². The van der Waals surface area contributed by atoms with Gasteiger partial charge in [-0.1, -0.05) is 37.3 Å². The first kappa shape index (κ1) is 39.7. The number of carbonyl (C=O) groups is 3. The zero-order valence-corrected chi connectivity index (χ0v) is 32.4. The summed E-state index contributed by atoms with van der Waals surface area (Å²) >= 11 is 0. The Bertz CT molecular complexity index is 2330. The normalized spacial score (nSPS) is 20.2. The Kier molecular flexibility index (Phi) is 10.2. The van der Waals surface area contributed by atoms with Crippen molar-refractivity contribution in [2.24, 2.45) is 0 Å². The number of rotatable bonds is 8. The van der Waals surface area contributed by atoms with Crippen LogP contribution in [0, 0.1) is 0 Å². The van der Waals surface area contributed by atoms with E-state index in [1.54, 1.807) is 19.1 Å². The molecule has 1 aliphatic carbocycles. The Labute approximate surface area is 333 Å². The number of para-hydroxylation sites is 1. The lowest BCUT2D eigenvalue weighted by Crippen LogP contribution is -2.50. The van der Waals surface area contributed by atoms with Gasteiger partial charge in [0.1, 0.15) is 0 Å². The van der Waals surface area contributed by atoms with E-state index >= 15 is 0 Å². The van der Waals surface area contributed by atoms with Gasteiger partial charge in [-0.05, 0) is 67.1 Å². The highest BCUT2D eigenvalue weighted by Gasteiger charge is 2.53. The molecule has 10 nitrogen and oxygen atoms in total. The lowest BCUT2D eigenvalue weighted by molar-refractivity contribution is -0.0503. The Morgan fingerprint density at radius 3 is 2.00 bits per heavy atom. The molecule has 5 heterocycles. The minimum Gasteiger partial charge on any atom is -0.423 e. The molecule has 1 saturated carbocycles. The molecule has 3 fully saturated rings. The molecule has 8 rings (SSSR count). The number of halogens is 4. The fourth-order valence-electron chi connectivity index (χ4n) is 9.02. The quantitative estimate of drug-likeness (QED) is 0.144. The largest absolute Gasteiger partial charge is 0.490 e.